The third kappa shape index (κ3) is 5.67. The van der Waals surface area contributed by atoms with Crippen molar-refractivity contribution in [3.63, 3.8) is 0 Å². The molecule has 2 aromatic heterocycles. The highest BCUT2D eigenvalue weighted by Gasteiger charge is 2.30. The standard InChI is InChI=1S/C30H38N6O/c1-4-9-27(29-32-33-34-36(29)26-14-5-6-15-26)35(17-16-23-12-7-10-21(2)18-23)20-25-19-24-13-8-11-22(3)28(24)31-30(25)37/h7-8,10-13,18-19,26-27H,4-6,9,14-17,20H2,1-3H3,(H,31,37)/t27-/m1/s1. The van der Waals surface area contributed by atoms with Crippen LogP contribution < -0.4 is 5.56 Å². The van der Waals surface area contributed by atoms with Crippen molar-refractivity contribution in [3.05, 3.63) is 87.0 Å². The van der Waals surface area contributed by atoms with Crippen LogP contribution in [0, 0.1) is 13.8 Å². The van der Waals surface area contributed by atoms with Crippen LogP contribution in [0.15, 0.2) is 53.3 Å². The minimum absolute atomic E-state index is 0.0204. The largest absolute Gasteiger partial charge is 0.321 e. The van der Waals surface area contributed by atoms with Crippen LogP contribution in [-0.4, -0.2) is 36.6 Å². The number of aromatic amines is 1. The van der Waals surface area contributed by atoms with E-state index in [9.17, 15) is 4.79 Å². The maximum atomic E-state index is 13.3. The molecule has 4 aromatic rings. The number of nitrogens with one attached hydrogen (secondary N) is 1. The van der Waals surface area contributed by atoms with Gasteiger partial charge in [-0.3, -0.25) is 9.69 Å². The Morgan fingerprint density at radius 1 is 1.11 bits per heavy atom. The number of para-hydroxylation sites is 1. The molecule has 7 heteroatoms. The number of pyridine rings is 1. The number of H-pyrrole nitrogens is 1. The van der Waals surface area contributed by atoms with Crippen molar-refractivity contribution in [3.8, 4) is 0 Å². The maximum absolute atomic E-state index is 13.3. The quantitative estimate of drug-likeness (QED) is 0.297. The Hall–Kier alpha value is -3.32. The average molecular weight is 499 g/mol. The zero-order chi connectivity index (χ0) is 25.8. The second kappa shape index (κ2) is 11.4. The molecule has 1 saturated carbocycles. The molecule has 2 heterocycles. The molecule has 37 heavy (non-hydrogen) atoms. The molecule has 1 aliphatic rings. The van der Waals surface area contributed by atoms with Gasteiger partial charge in [-0.05, 0) is 72.5 Å². The minimum atomic E-state index is -0.0204. The van der Waals surface area contributed by atoms with Crippen LogP contribution in [0.5, 0.6) is 0 Å². The van der Waals surface area contributed by atoms with Crippen molar-refractivity contribution in [2.45, 2.75) is 84.3 Å². The molecule has 2 aromatic carbocycles. The molecule has 7 nitrogen and oxygen atoms in total. The van der Waals surface area contributed by atoms with E-state index < -0.39 is 0 Å². The van der Waals surface area contributed by atoms with Gasteiger partial charge in [-0.2, -0.15) is 0 Å². The van der Waals surface area contributed by atoms with E-state index in [1.807, 2.05) is 19.1 Å². The Bertz CT molecular complexity index is 1400. The van der Waals surface area contributed by atoms with Crippen LogP contribution in [0.2, 0.25) is 0 Å². The number of rotatable bonds is 10. The molecule has 0 amide bonds. The summed E-state index contributed by atoms with van der Waals surface area (Å²) in [7, 11) is 0. The smallest absolute Gasteiger partial charge is 0.252 e. The van der Waals surface area contributed by atoms with Gasteiger partial charge in [0, 0.05) is 18.7 Å². The lowest BCUT2D eigenvalue weighted by atomic mass is 10.0. The van der Waals surface area contributed by atoms with Gasteiger partial charge >= 0.3 is 0 Å². The highest BCUT2D eigenvalue weighted by molar-refractivity contribution is 5.81. The molecule has 1 N–H and O–H groups in total. The summed E-state index contributed by atoms with van der Waals surface area (Å²) in [5.74, 6) is 0.936. The van der Waals surface area contributed by atoms with Crippen molar-refractivity contribution in [2.75, 3.05) is 6.54 Å². The van der Waals surface area contributed by atoms with Crippen molar-refractivity contribution < 1.29 is 0 Å². The summed E-state index contributed by atoms with van der Waals surface area (Å²) < 4.78 is 2.08. The monoisotopic (exact) mass is 498 g/mol. The molecule has 1 atom stereocenters. The fraction of sp³-hybridized carbons (Fsp3) is 0.467. The van der Waals surface area contributed by atoms with Crippen LogP contribution in [0.3, 0.4) is 0 Å². The predicted octanol–water partition coefficient (Wildman–Crippen LogP) is 5.83. The molecule has 0 saturated heterocycles. The predicted molar refractivity (Wildman–Crippen MR) is 148 cm³/mol. The zero-order valence-electron chi connectivity index (χ0n) is 22.3. The van der Waals surface area contributed by atoms with E-state index in [0.29, 0.717) is 12.6 Å². The summed E-state index contributed by atoms with van der Waals surface area (Å²) in [6.07, 6.45) is 7.56. The lowest BCUT2D eigenvalue weighted by Gasteiger charge is -2.31. The van der Waals surface area contributed by atoms with Gasteiger partial charge < -0.3 is 4.98 Å². The zero-order valence-corrected chi connectivity index (χ0v) is 22.3. The Kier molecular flexibility index (Phi) is 7.79. The number of hydrogen-bond acceptors (Lipinski definition) is 5. The number of aryl methyl sites for hydroxylation is 2. The molecular weight excluding hydrogens is 460 g/mol. The Morgan fingerprint density at radius 3 is 2.70 bits per heavy atom. The summed E-state index contributed by atoms with van der Waals surface area (Å²) in [6, 6.07) is 17.3. The molecule has 0 aliphatic heterocycles. The van der Waals surface area contributed by atoms with Crippen LogP contribution in [0.4, 0.5) is 0 Å². The number of tetrazole rings is 1. The average Bonchev–Trinajstić information content (AvgIpc) is 3.58. The van der Waals surface area contributed by atoms with E-state index in [1.165, 1.54) is 24.0 Å². The van der Waals surface area contributed by atoms with E-state index >= 15 is 0 Å². The minimum Gasteiger partial charge on any atom is -0.321 e. The first kappa shape index (κ1) is 25.3. The molecular formula is C30H38N6O. The Balaban J connectivity index is 1.51. The number of hydrogen-bond donors (Lipinski definition) is 1. The lowest BCUT2D eigenvalue weighted by Crippen LogP contribution is -2.35. The van der Waals surface area contributed by atoms with E-state index in [4.69, 9.17) is 0 Å². The van der Waals surface area contributed by atoms with E-state index in [-0.39, 0.29) is 11.6 Å². The normalized spacial score (nSPS) is 15.1. The van der Waals surface area contributed by atoms with Crippen LogP contribution in [-0.2, 0) is 13.0 Å². The third-order valence-electron chi connectivity index (χ3n) is 7.80. The summed E-state index contributed by atoms with van der Waals surface area (Å²) >= 11 is 0. The van der Waals surface area contributed by atoms with E-state index in [1.54, 1.807) is 0 Å². The number of aromatic nitrogens is 5. The molecule has 194 valence electrons. The van der Waals surface area contributed by atoms with Crippen LogP contribution in [0.1, 0.15) is 85.6 Å². The molecule has 0 spiro atoms. The Morgan fingerprint density at radius 2 is 1.92 bits per heavy atom. The Labute approximate surface area is 218 Å². The molecule has 5 rings (SSSR count). The molecule has 1 fully saturated rings. The van der Waals surface area contributed by atoms with Gasteiger partial charge in [-0.25, -0.2) is 4.68 Å². The van der Waals surface area contributed by atoms with Crippen LogP contribution >= 0.6 is 0 Å². The summed E-state index contributed by atoms with van der Waals surface area (Å²) in [5.41, 5.74) is 5.32. The van der Waals surface area contributed by atoms with Gasteiger partial charge in [0.1, 0.15) is 0 Å². The van der Waals surface area contributed by atoms with Gasteiger partial charge in [0.15, 0.2) is 5.82 Å². The second-order valence-electron chi connectivity index (χ2n) is 10.6. The van der Waals surface area contributed by atoms with E-state index in [0.717, 1.165) is 66.5 Å². The number of nitrogens with zero attached hydrogens (tertiary/aromatic N) is 5. The number of benzene rings is 2. The molecule has 0 radical (unpaired) electrons. The van der Waals surface area contributed by atoms with Crippen LogP contribution in [0.25, 0.3) is 10.9 Å². The summed E-state index contributed by atoms with van der Waals surface area (Å²) in [6.45, 7) is 7.74. The lowest BCUT2D eigenvalue weighted by molar-refractivity contribution is 0.163. The van der Waals surface area contributed by atoms with Crippen molar-refractivity contribution >= 4 is 10.9 Å². The van der Waals surface area contributed by atoms with Gasteiger partial charge in [-0.15, -0.1) is 5.10 Å². The molecule has 1 aliphatic carbocycles. The van der Waals surface area contributed by atoms with Gasteiger partial charge in [0.25, 0.3) is 5.56 Å². The topological polar surface area (TPSA) is 79.7 Å². The van der Waals surface area contributed by atoms with Gasteiger partial charge in [0.05, 0.1) is 17.6 Å². The number of fused-ring (bicyclic) bond motifs is 1. The fourth-order valence-corrected chi connectivity index (χ4v) is 5.83. The third-order valence-corrected chi connectivity index (χ3v) is 7.80. The van der Waals surface area contributed by atoms with Crippen molar-refractivity contribution in [1.82, 2.24) is 30.1 Å². The van der Waals surface area contributed by atoms with Crippen molar-refractivity contribution in [2.24, 2.45) is 0 Å². The highest BCUT2D eigenvalue weighted by atomic mass is 16.1. The summed E-state index contributed by atoms with van der Waals surface area (Å²) in [4.78, 5) is 18.8. The first-order chi connectivity index (χ1) is 18.0. The first-order valence-corrected chi connectivity index (χ1v) is 13.7. The van der Waals surface area contributed by atoms with Crippen molar-refractivity contribution in [1.29, 1.82) is 0 Å². The molecule has 0 bridgehead atoms. The molecule has 0 unspecified atom stereocenters. The summed E-state index contributed by atoms with van der Waals surface area (Å²) in [5, 5.41) is 14.2. The first-order valence-electron chi connectivity index (χ1n) is 13.7. The maximum Gasteiger partial charge on any atom is 0.252 e. The second-order valence-corrected chi connectivity index (χ2v) is 10.6. The fourth-order valence-electron chi connectivity index (χ4n) is 5.83. The van der Waals surface area contributed by atoms with Gasteiger partial charge in [0.2, 0.25) is 0 Å². The van der Waals surface area contributed by atoms with E-state index in [2.05, 4.69) is 80.3 Å². The van der Waals surface area contributed by atoms with Gasteiger partial charge in [-0.1, -0.05) is 74.2 Å². The highest BCUT2D eigenvalue weighted by Crippen LogP contribution is 2.33. The SMILES string of the molecule is CCC[C@H](c1nnnn1C1CCCC1)N(CCc1cccc(C)c1)Cc1cc2cccc(C)c2[nH]c1=O.